The van der Waals surface area contributed by atoms with Crippen LogP contribution < -0.4 is 0 Å². The lowest BCUT2D eigenvalue weighted by molar-refractivity contribution is 0.155. The van der Waals surface area contributed by atoms with Gasteiger partial charge in [0.25, 0.3) is 0 Å². The molecule has 3 heteroatoms. The molecule has 3 rings (SSSR count). The Hall–Kier alpha value is -1.58. The van der Waals surface area contributed by atoms with Crippen LogP contribution in [0, 0.1) is 0 Å². The molecular formula is C17H21NO2. The summed E-state index contributed by atoms with van der Waals surface area (Å²) in [5, 5.41) is 9.13. The topological polar surface area (TPSA) is 36.6 Å². The Morgan fingerprint density at radius 1 is 1.20 bits per heavy atom. The average molecular weight is 271 g/mol. The molecule has 0 radical (unpaired) electrons. The third kappa shape index (κ3) is 2.79. The zero-order valence-corrected chi connectivity index (χ0v) is 11.7. The van der Waals surface area contributed by atoms with Crippen molar-refractivity contribution in [3.8, 4) is 0 Å². The van der Waals surface area contributed by atoms with E-state index in [9.17, 15) is 0 Å². The Labute approximate surface area is 119 Å². The van der Waals surface area contributed by atoms with Crippen molar-refractivity contribution in [2.75, 3.05) is 13.2 Å². The Kier molecular flexibility index (Phi) is 4.19. The average Bonchev–Trinajstić information content (AvgIpc) is 3.12. The third-order valence-electron chi connectivity index (χ3n) is 4.08. The number of rotatable bonds is 6. The lowest BCUT2D eigenvalue weighted by Gasteiger charge is -2.28. The Morgan fingerprint density at radius 3 is 2.90 bits per heavy atom. The van der Waals surface area contributed by atoms with E-state index in [0.29, 0.717) is 6.04 Å². The van der Waals surface area contributed by atoms with Crippen molar-refractivity contribution in [1.29, 1.82) is 0 Å². The lowest BCUT2D eigenvalue weighted by atomic mass is 10.1. The molecule has 1 atom stereocenters. The maximum absolute atomic E-state index is 9.13. The molecule has 1 aliphatic carbocycles. The first-order valence-corrected chi connectivity index (χ1v) is 7.33. The zero-order valence-electron chi connectivity index (χ0n) is 11.7. The number of hydrogen-bond donors (Lipinski definition) is 1. The van der Waals surface area contributed by atoms with Crippen LogP contribution in [0.25, 0.3) is 0 Å². The number of aliphatic hydroxyl groups excluding tert-OH is 1. The number of hydrogen-bond acceptors (Lipinski definition) is 3. The molecule has 0 saturated heterocycles. The van der Waals surface area contributed by atoms with Crippen LogP contribution in [-0.2, 0) is 13.0 Å². The molecule has 0 aliphatic heterocycles. The molecule has 2 aromatic rings. The molecule has 1 aliphatic rings. The van der Waals surface area contributed by atoms with Crippen molar-refractivity contribution in [2.24, 2.45) is 0 Å². The number of nitrogens with zero attached hydrogens (tertiary/aromatic N) is 1. The van der Waals surface area contributed by atoms with Crippen LogP contribution in [0.2, 0.25) is 0 Å². The number of furan rings is 1. The van der Waals surface area contributed by atoms with Gasteiger partial charge in [-0.25, -0.2) is 0 Å². The van der Waals surface area contributed by atoms with Gasteiger partial charge in [0.1, 0.15) is 5.76 Å². The van der Waals surface area contributed by atoms with Crippen molar-refractivity contribution in [3.05, 3.63) is 59.5 Å². The second-order valence-corrected chi connectivity index (χ2v) is 5.38. The molecule has 106 valence electrons. The molecule has 0 spiro atoms. The summed E-state index contributed by atoms with van der Waals surface area (Å²) in [4.78, 5) is 2.43. The maximum atomic E-state index is 9.13. The van der Waals surface area contributed by atoms with E-state index in [1.165, 1.54) is 11.1 Å². The molecule has 1 heterocycles. The highest BCUT2D eigenvalue weighted by molar-refractivity contribution is 5.34. The van der Waals surface area contributed by atoms with Gasteiger partial charge < -0.3 is 9.52 Å². The highest BCUT2D eigenvalue weighted by Crippen LogP contribution is 2.36. The van der Waals surface area contributed by atoms with Gasteiger partial charge in [-0.15, -0.1) is 0 Å². The van der Waals surface area contributed by atoms with Gasteiger partial charge >= 0.3 is 0 Å². The Bertz CT molecular complexity index is 536. The largest absolute Gasteiger partial charge is 0.468 e. The van der Waals surface area contributed by atoms with Crippen molar-refractivity contribution in [1.82, 2.24) is 4.90 Å². The molecule has 20 heavy (non-hydrogen) atoms. The van der Waals surface area contributed by atoms with E-state index in [1.807, 2.05) is 12.1 Å². The van der Waals surface area contributed by atoms with Gasteiger partial charge in [-0.3, -0.25) is 4.90 Å². The summed E-state index contributed by atoms with van der Waals surface area (Å²) in [7, 11) is 0. The van der Waals surface area contributed by atoms with Crippen LogP contribution in [0.4, 0.5) is 0 Å². The van der Waals surface area contributed by atoms with Gasteiger partial charge in [-0.1, -0.05) is 24.3 Å². The van der Waals surface area contributed by atoms with Gasteiger partial charge in [0.05, 0.1) is 12.8 Å². The molecule has 0 saturated carbocycles. The van der Waals surface area contributed by atoms with Crippen molar-refractivity contribution >= 4 is 0 Å². The van der Waals surface area contributed by atoms with Gasteiger partial charge in [-0.05, 0) is 42.5 Å². The summed E-state index contributed by atoms with van der Waals surface area (Å²) in [5.41, 5.74) is 2.91. The summed E-state index contributed by atoms with van der Waals surface area (Å²) in [5.74, 6) is 0.993. The Balaban J connectivity index is 1.79. The molecule has 1 unspecified atom stereocenters. The van der Waals surface area contributed by atoms with Crippen LogP contribution in [0.1, 0.15) is 35.8 Å². The minimum Gasteiger partial charge on any atom is -0.468 e. The molecule has 1 N–H and O–H groups in total. The minimum atomic E-state index is 0.239. The molecule has 1 aromatic carbocycles. The third-order valence-corrected chi connectivity index (χ3v) is 4.08. The van der Waals surface area contributed by atoms with Crippen LogP contribution >= 0.6 is 0 Å². The van der Waals surface area contributed by atoms with E-state index >= 15 is 0 Å². The zero-order chi connectivity index (χ0) is 13.8. The van der Waals surface area contributed by atoms with Crippen molar-refractivity contribution < 1.29 is 9.52 Å². The molecule has 3 nitrogen and oxygen atoms in total. The van der Waals surface area contributed by atoms with Gasteiger partial charge in [0.2, 0.25) is 0 Å². The molecule has 1 aromatic heterocycles. The fourth-order valence-corrected chi connectivity index (χ4v) is 3.14. The normalized spacial score (nSPS) is 17.6. The predicted octanol–water partition coefficient (Wildman–Crippen LogP) is 3.15. The first-order chi connectivity index (χ1) is 9.88. The number of benzene rings is 1. The predicted molar refractivity (Wildman–Crippen MR) is 78.3 cm³/mol. The Morgan fingerprint density at radius 2 is 2.10 bits per heavy atom. The summed E-state index contributed by atoms with van der Waals surface area (Å²) in [6, 6.07) is 13.1. The van der Waals surface area contributed by atoms with E-state index in [4.69, 9.17) is 9.52 Å². The number of aryl methyl sites for hydroxylation is 1. The number of aliphatic hydroxyl groups is 1. The van der Waals surface area contributed by atoms with E-state index in [0.717, 1.165) is 38.1 Å². The standard InChI is InChI=1S/C17H21NO2/c19-11-4-10-18(13-15-6-3-12-20-15)17-9-8-14-5-1-2-7-16(14)17/h1-3,5-7,12,17,19H,4,8-11,13H2. The van der Waals surface area contributed by atoms with E-state index in [-0.39, 0.29) is 6.61 Å². The summed E-state index contributed by atoms with van der Waals surface area (Å²) >= 11 is 0. The van der Waals surface area contributed by atoms with E-state index < -0.39 is 0 Å². The highest BCUT2D eigenvalue weighted by atomic mass is 16.3. The molecule has 0 fully saturated rings. The maximum Gasteiger partial charge on any atom is 0.117 e. The fraction of sp³-hybridized carbons (Fsp3) is 0.412. The van der Waals surface area contributed by atoms with Gasteiger partial charge in [-0.2, -0.15) is 0 Å². The quantitative estimate of drug-likeness (QED) is 0.877. The van der Waals surface area contributed by atoms with Crippen LogP contribution in [-0.4, -0.2) is 23.2 Å². The fourth-order valence-electron chi connectivity index (χ4n) is 3.14. The first-order valence-electron chi connectivity index (χ1n) is 7.33. The molecule has 0 amide bonds. The van der Waals surface area contributed by atoms with Crippen molar-refractivity contribution in [2.45, 2.75) is 31.8 Å². The summed E-state index contributed by atoms with van der Waals surface area (Å²) in [6.45, 7) is 1.95. The second kappa shape index (κ2) is 6.25. The van der Waals surface area contributed by atoms with Crippen LogP contribution in [0.5, 0.6) is 0 Å². The SMILES string of the molecule is OCCCN(Cc1ccco1)C1CCc2ccccc21. The first kappa shape index (κ1) is 13.4. The van der Waals surface area contributed by atoms with E-state index in [2.05, 4.69) is 29.2 Å². The number of fused-ring (bicyclic) bond motifs is 1. The summed E-state index contributed by atoms with van der Waals surface area (Å²) in [6.07, 6.45) is 4.83. The summed E-state index contributed by atoms with van der Waals surface area (Å²) < 4.78 is 5.49. The van der Waals surface area contributed by atoms with Crippen molar-refractivity contribution in [3.63, 3.8) is 0 Å². The molecular weight excluding hydrogens is 250 g/mol. The smallest absolute Gasteiger partial charge is 0.117 e. The van der Waals surface area contributed by atoms with Crippen LogP contribution in [0.15, 0.2) is 47.1 Å². The monoisotopic (exact) mass is 271 g/mol. The van der Waals surface area contributed by atoms with Gasteiger partial charge in [0.15, 0.2) is 0 Å². The second-order valence-electron chi connectivity index (χ2n) is 5.38. The lowest BCUT2D eigenvalue weighted by Crippen LogP contribution is -2.28. The van der Waals surface area contributed by atoms with Crippen LogP contribution in [0.3, 0.4) is 0 Å². The molecule has 0 bridgehead atoms. The highest BCUT2D eigenvalue weighted by Gasteiger charge is 2.27. The van der Waals surface area contributed by atoms with E-state index in [1.54, 1.807) is 6.26 Å². The minimum absolute atomic E-state index is 0.239. The van der Waals surface area contributed by atoms with Gasteiger partial charge in [0, 0.05) is 19.2 Å².